The van der Waals surface area contributed by atoms with E-state index in [1.807, 2.05) is 0 Å². The molecule has 3 nitrogen and oxygen atoms in total. The van der Waals surface area contributed by atoms with Gasteiger partial charge in [0, 0.05) is 19.5 Å². The van der Waals surface area contributed by atoms with Gasteiger partial charge in [-0.15, -0.1) is 0 Å². The van der Waals surface area contributed by atoms with Gasteiger partial charge in [-0.3, -0.25) is 9.59 Å². The molecular weight excluding hydrogens is 258 g/mol. The minimum Gasteiger partial charge on any atom is -0.465 e. The molecule has 0 saturated heterocycles. The van der Waals surface area contributed by atoms with Crippen molar-refractivity contribution in [3.05, 3.63) is 0 Å². The van der Waals surface area contributed by atoms with E-state index in [1.165, 1.54) is 32.6 Å². The molecule has 16 heavy (non-hydrogen) atoms. The van der Waals surface area contributed by atoms with Crippen LogP contribution in [0.5, 0.6) is 0 Å². The molecule has 0 unspecified atom stereocenters. The molecule has 0 radical (unpaired) electrons. The molecule has 0 fully saturated rings. The van der Waals surface area contributed by atoms with Crippen molar-refractivity contribution >= 4 is 11.8 Å². The van der Waals surface area contributed by atoms with Crippen LogP contribution in [0.25, 0.3) is 0 Å². The van der Waals surface area contributed by atoms with Gasteiger partial charge < -0.3 is 4.74 Å². The average molecular weight is 280 g/mol. The SMILES string of the molecule is CCCCCCCCOC(=O)CC(C)=O.[Zn]. The van der Waals surface area contributed by atoms with Crippen molar-refractivity contribution in [3.63, 3.8) is 0 Å². The van der Waals surface area contributed by atoms with E-state index in [-0.39, 0.29) is 31.7 Å². The molecule has 0 aromatic carbocycles. The maximum Gasteiger partial charge on any atom is 0.313 e. The Labute approximate surface area is 111 Å². The molecule has 0 aliphatic heterocycles. The van der Waals surface area contributed by atoms with Crippen LogP contribution in [0.2, 0.25) is 0 Å². The zero-order chi connectivity index (χ0) is 11.5. The summed E-state index contributed by atoms with van der Waals surface area (Å²) in [6.07, 6.45) is 6.92. The Morgan fingerprint density at radius 1 is 1.00 bits per heavy atom. The van der Waals surface area contributed by atoms with Gasteiger partial charge in [-0.2, -0.15) is 0 Å². The Bertz CT molecular complexity index is 193. The summed E-state index contributed by atoms with van der Waals surface area (Å²) in [5.41, 5.74) is 0. The van der Waals surface area contributed by atoms with Crippen molar-refractivity contribution in [1.29, 1.82) is 0 Å². The Morgan fingerprint density at radius 3 is 2.12 bits per heavy atom. The molecule has 0 heterocycles. The molecule has 0 aromatic rings. The predicted molar refractivity (Wildman–Crippen MR) is 59.6 cm³/mol. The monoisotopic (exact) mass is 278 g/mol. The quantitative estimate of drug-likeness (QED) is 0.282. The van der Waals surface area contributed by atoms with Gasteiger partial charge in [0.25, 0.3) is 0 Å². The number of hydrogen-bond acceptors (Lipinski definition) is 3. The van der Waals surface area contributed by atoms with E-state index in [0.29, 0.717) is 6.61 Å². The summed E-state index contributed by atoms with van der Waals surface area (Å²) in [5.74, 6) is -0.529. The van der Waals surface area contributed by atoms with E-state index >= 15 is 0 Å². The summed E-state index contributed by atoms with van der Waals surface area (Å²) in [7, 11) is 0. The summed E-state index contributed by atoms with van der Waals surface area (Å²) in [4.78, 5) is 21.5. The van der Waals surface area contributed by atoms with Crippen molar-refractivity contribution in [2.24, 2.45) is 0 Å². The number of carbonyl (C=O) groups is 2. The van der Waals surface area contributed by atoms with Crippen LogP contribution in [0.4, 0.5) is 0 Å². The van der Waals surface area contributed by atoms with Crippen molar-refractivity contribution in [2.45, 2.75) is 58.8 Å². The zero-order valence-corrected chi connectivity index (χ0v) is 13.6. The number of esters is 1. The third-order valence-electron chi connectivity index (χ3n) is 2.15. The molecule has 0 atom stereocenters. The fourth-order valence-electron chi connectivity index (χ4n) is 1.32. The van der Waals surface area contributed by atoms with Crippen LogP contribution in [-0.4, -0.2) is 18.4 Å². The minimum atomic E-state index is -0.393. The normalized spacial score (nSPS) is 9.38. The molecule has 0 aliphatic rings. The minimum absolute atomic E-state index is 0. The molecule has 0 rings (SSSR count). The smallest absolute Gasteiger partial charge is 0.313 e. The van der Waals surface area contributed by atoms with E-state index in [9.17, 15) is 9.59 Å². The van der Waals surface area contributed by atoms with E-state index in [1.54, 1.807) is 0 Å². The second-order valence-corrected chi connectivity index (χ2v) is 3.87. The molecule has 0 amide bonds. The summed E-state index contributed by atoms with van der Waals surface area (Å²) < 4.78 is 4.90. The number of carbonyl (C=O) groups excluding carboxylic acids is 2. The summed E-state index contributed by atoms with van der Waals surface area (Å²) >= 11 is 0. The molecule has 0 bridgehead atoms. The number of Topliss-reactive ketones (excluding diaryl/α,β-unsaturated/α-hetero) is 1. The largest absolute Gasteiger partial charge is 0.465 e. The number of hydrogen-bond donors (Lipinski definition) is 0. The van der Waals surface area contributed by atoms with Gasteiger partial charge in [0.05, 0.1) is 6.61 Å². The van der Waals surface area contributed by atoms with Crippen molar-refractivity contribution < 1.29 is 33.8 Å². The number of unbranched alkanes of at least 4 members (excludes halogenated alkanes) is 5. The van der Waals surface area contributed by atoms with Crippen LogP contribution in [0.3, 0.4) is 0 Å². The van der Waals surface area contributed by atoms with E-state index < -0.39 is 5.97 Å². The topological polar surface area (TPSA) is 43.4 Å². The van der Waals surface area contributed by atoms with Crippen molar-refractivity contribution in [3.8, 4) is 0 Å². The van der Waals surface area contributed by atoms with Crippen LogP contribution in [0, 0.1) is 0 Å². The fourth-order valence-corrected chi connectivity index (χ4v) is 1.32. The summed E-state index contributed by atoms with van der Waals surface area (Å²) in [6, 6.07) is 0. The van der Waals surface area contributed by atoms with Gasteiger partial charge in [-0.25, -0.2) is 0 Å². The van der Waals surface area contributed by atoms with Crippen LogP contribution in [0.15, 0.2) is 0 Å². The molecule has 0 saturated carbocycles. The average Bonchev–Trinajstić information content (AvgIpc) is 2.15. The van der Waals surface area contributed by atoms with Gasteiger partial charge in [0.15, 0.2) is 0 Å². The molecule has 0 N–H and O–H groups in total. The van der Waals surface area contributed by atoms with Crippen LogP contribution in [-0.2, 0) is 33.8 Å². The molecule has 4 heteroatoms. The molecule has 0 aliphatic carbocycles. The first-order valence-corrected chi connectivity index (χ1v) is 5.82. The molecule has 90 valence electrons. The Kier molecular flexibility index (Phi) is 14.5. The van der Waals surface area contributed by atoms with Gasteiger partial charge in [-0.1, -0.05) is 39.0 Å². The van der Waals surface area contributed by atoms with Gasteiger partial charge in [0.1, 0.15) is 12.2 Å². The third kappa shape index (κ3) is 13.8. The molecular formula is C12H22O3Zn. The Balaban J connectivity index is 0. The maximum absolute atomic E-state index is 10.9. The molecule has 0 aromatic heterocycles. The van der Waals surface area contributed by atoms with Crippen molar-refractivity contribution in [1.82, 2.24) is 0 Å². The van der Waals surface area contributed by atoms with E-state index in [4.69, 9.17) is 4.74 Å². The van der Waals surface area contributed by atoms with E-state index in [2.05, 4.69) is 6.92 Å². The second kappa shape index (κ2) is 12.8. The van der Waals surface area contributed by atoms with Gasteiger partial charge >= 0.3 is 5.97 Å². The first-order valence-electron chi connectivity index (χ1n) is 5.82. The first kappa shape index (κ1) is 18.1. The summed E-state index contributed by atoms with van der Waals surface area (Å²) in [6.45, 7) is 4.04. The third-order valence-corrected chi connectivity index (χ3v) is 2.15. The van der Waals surface area contributed by atoms with Crippen LogP contribution in [0.1, 0.15) is 58.8 Å². The number of rotatable bonds is 9. The first-order chi connectivity index (χ1) is 7.16. The van der Waals surface area contributed by atoms with Gasteiger partial charge in [0.2, 0.25) is 0 Å². The van der Waals surface area contributed by atoms with Crippen LogP contribution < -0.4 is 0 Å². The fraction of sp³-hybridized carbons (Fsp3) is 0.833. The van der Waals surface area contributed by atoms with Gasteiger partial charge in [-0.05, 0) is 13.3 Å². The molecule has 0 spiro atoms. The van der Waals surface area contributed by atoms with Crippen LogP contribution >= 0.6 is 0 Å². The zero-order valence-electron chi connectivity index (χ0n) is 10.6. The maximum atomic E-state index is 10.9. The Morgan fingerprint density at radius 2 is 1.56 bits per heavy atom. The van der Waals surface area contributed by atoms with Crippen molar-refractivity contribution in [2.75, 3.05) is 6.61 Å². The number of ether oxygens (including phenoxy) is 1. The summed E-state index contributed by atoms with van der Waals surface area (Å²) in [5, 5.41) is 0. The second-order valence-electron chi connectivity index (χ2n) is 3.87. The predicted octanol–water partition coefficient (Wildman–Crippen LogP) is 2.87. The standard InChI is InChI=1S/C12H22O3.Zn/c1-3-4-5-6-7-8-9-15-12(14)10-11(2)13;/h3-10H2,1-2H3;. The van der Waals surface area contributed by atoms with E-state index in [0.717, 1.165) is 12.8 Å². The number of ketones is 1. The Hall–Kier alpha value is -0.237.